The highest BCUT2D eigenvalue weighted by Gasteiger charge is 2.27. The first kappa shape index (κ1) is 80.7. The highest BCUT2D eigenvalue weighted by Crippen LogP contribution is 2.38. The van der Waals surface area contributed by atoms with Crippen LogP contribution < -0.4 is 10.2 Å². The van der Waals surface area contributed by atoms with Crippen molar-refractivity contribution in [2.45, 2.75) is 309 Å². The standard InChI is InChI=1S/C74H131N2O7P/c1-7-10-13-16-19-22-25-28-30-32-34-35-36-37-38-39-40-41-43-45-47-49-52-55-58-61-64-67-74(78)83-72(65-62-59-56-53-50-27-24-21-18-15-12-9-3)71(70-82-84(79,80)81-69-68-76(4,5)6)75-73(77)66-63-60-57-54-51-48-46-44-42-33-31-29-26-23-20-17-14-11-8-2/h10,13,19-20,22-23,28-31,34-35,37-38,42,44,62,65,71-72H,7-9,11-12,14-18,21,24-27,32-33,36,39-41,43,45-61,63-64,66-70H2,1-6H3,(H-,75,77,79,80)/b13-10-,22-19-,23-20-,30-28-,31-29-,35-34-,38-37-,44-42-,65-62-. The Morgan fingerprint density at radius 3 is 1.17 bits per heavy atom. The van der Waals surface area contributed by atoms with E-state index < -0.39 is 26.6 Å². The van der Waals surface area contributed by atoms with Gasteiger partial charge in [-0.15, -0.1) is 0 Å². The molecule has 0 saturated carbocycles. The molecule has 1 N–H and O–H groups in total. The lowest BCUT2D eigenvalue weighted by molar-refractivity contribution is -0.870. The molecule has 0 rings (SSSR count). The number of phosphoric ester groups is 1. The molecular formula is C74H131N2O7P. The Kier molecular flexibility index (Phi) is 60.2. The highest BCUT2D eigenvalue weighted by atomic mass is 31.2. The number of allylic oxidation sites excluding steroid dienone is 17. The predicted molar refractivity (Wildman–Crippen MR) is 362 cm³/mol. The number of hydrogen-bond acceptors (Lipinski definition) is 7. The zero-order valence-electron chi connectivity index (χ0n) is 55.3. The third-order valence-corrected chi connectivity index (χ3v) is 15.9. The number of unbranched alkanes of at least 4 members (excludes halogenated alkanes) is 30. The van der Waals surface area contributed by atoms with Crippen molar-refractivity contribution in [1.29, 1.82) is 0 Å². The summed E-state index contributed by atoms with van der Waals surface area (Å²) in [6.07, 6.45) is 86.3. The molecule has 0 aromatic heterocycles. The second-order valence-corrected chi connectivity index (χ2v) is 25.7. The SMILES string of the molecule is CC/C=C\C/C=C\C/C=C\C/C=C\C/C=C\CCCCCCCCCCCCCC(=O)OC(/C=C\CCCCCCCCCCCC)C(COP(=O)([O-])OCC[N+](C)(C)C)NC(=O)CCCCCCCC/C=C\C/C=C\C/C=C\CCCCC. The largest absolute Gasteiger partial charge is 0.756 e. The van der Waals surface area contributed by atoms with Gasteiger partial charge >= 0.3 is 5.97 Å². The summed E-state index contributed by atoms with van der Waals surface area (Å²) in [6.45, 7) is 6.70. The number of carbonyl (C=O) groups excluding carboxylic acids is 2. The Morgan fingerprint density at radius 1 is 0.429 bits per heavy atom. The lowest BCUT2D eigenvalue weighted by Gasteiger charge is -2.30. The molecule has 3 atom stereocenters. The van der Waals surface area contributed by atoms with Gasteiger partial charge in [-0.2, -0.15) is 0 Å². The van der Waals surface area contributed by atoms with E-state index >= 15 is 0 Å². The van der Waals surface area contributed by atoms with E-state index in [1.165, 1.54) is 122 Å². The van der Waals surface area contributed by atoms with Crippen molar-refractivity contribution >= 4 is 19.7 Å². The maximum atomic E-state index is 13.6. The molecule has 484 valence electrons. The van der Waals surface area contributed by atoms with Gasteiger partial charge in [0, 0.05) is 12.8 Å². The molecule has 0 aromatic rings. The molecule has 10 heteroatoms. The van der Waals surface area contributed by atoms with Crippen molar-refractivity contribution in [3.8, 4) is 0 Å². The maximum Gasteiger partial charge on any atom is 0.306 e. The minimum absolute atomic E-state index is 0.0299. The van der Waals surface area contributed by atoms with E-state index in [9.17, 15) is 19.0 Å². The number of nitrogens with zero attached hydrogens (tertiary/aromatic N) is 1. The Labute approximate surface area is 519 Å². The van der Waals surface area contributed by atoms with E-state index in [0.717, 1.165) is 141 Å². The summed E-state index contributed by atoms with van der Waals surface area (Å²) in [5, 5.41) is 3.03. The molecule has 3 unspecified atom stereocenters. The van der Waals surface area contributed by atoms with Crippen LogP contribution in [0.4, 0.5) is 0 Å². The van der Waals surface area contributed by atoms with Gasteiger partial charge in [-0.05, 0) is 115 Å². The molecular weight excluding hydrogens is 1060 g/mol. The van der Waals surface area contributed by atoms with Crippen LogP contribution in [-0.4, -0.2) is 69.4 Å². The Morgan fingerprint density at radius 2 is 0.762 bits per heavy atom. The van der Waals surface area contributed by atoms with Crippen LogP contribution in [-0.2, 0) is 27.9 Å². The van der Waals surface area contributed by atoms with Gasteiger partial charge in [0.15, 0.2) is 0 Å². The number of likely N-dealkylation sites (N-methyl/N-ethyl adjacent to an activating group) is 1. The number of esters is 1. The number of ether oxygens (including phenoxy) is 1. The van der Waals surface area contributed by atoms with E-state index in [1.54, 1.807) is 0 Å². The Bertz CT molecular complexity index is 1810. The van der Waals surface area contributed by atoms with Gasteiger partial charge in [0.05, 0.1) is 33.8 Å². The lowest BCUT2D eigenvalue weighted by Crippen LogP contribution is -2.47. The van der Waals surface area contributed by atoms with Crippen LogP contribution in [0, 0.1) is 0 Å². The maximum absolute atomic E-state index is 13.6. The molecule has 0 saturated heterocycles. The van der Waals surface area contributed by atoms with Crippen molar-refractivity contribution in [3.63, 3.8) is 0 Å². The fourth-order valence-corrected chi connectivity index (χ4v) is 10.3. The van der Waals surface area contributed by atoms with Gasteiger partial charge < -0.3 is 28.5 Å². The first-order chi connectivity index (χ1) is 40.9. The molecule has 0 aliphatic heterocycles. The predicted octanol–water partition coefficient (Wildman–Crippen LogP) is 21.4. The summed E-state index contributed by atoms with van der Waals surface area (Å²) in [5.41, 5.74) is 0. The molecule has 0 fully saturated rings. The monoisotopic (exact) mass is 1190 g/mol. The van der Waals surface area contributed by atoms with Crippen molar-refractivity contribution in [2.75, 3.05) is 40.9 Å². The van der Waals surface area contributed by atoms with Crippen LogP contribution in [0.1, 0.15) is 297 Å². The van der Waals surface area contributed by atoms with E-state index in [4.69, 9.17) is 13.8 Å². The third-order valence-electron chi connectivity index (χ3n) is 14.9. The van der Waals surface area contributed by atoms with Gasteiger partial charge in [0.25, 0.3) is 7.82 Å². The van der Waals surface area contributed by atoms with Crippen LogP contribution >= 0.6 is 7.82 Å². The average molecular weight is 1190 g/mol. The van der Waals surface area contributed by atoms with Gasteiger partial charge in [0.1, 0.15) is 19.3 Å². The third kappa shape index (κ3) is 63.2. The second kappa shape index (κ2) is 62.7. The van der Waals surface area contributed by atoms with Gasteiger partial charge in [-0.25, -0.2) is 0 Å². The van der Waals surface area contributed by atoms with Crippen molar-refractivity contribution in [3.05, 3.63) is 109 Å². The van der Waals surface area contributed by atoms with Crippen molar-refractivity contribution in [1.82, 2.24) is 5.32 Å². The highest BCUT2D eigenvalue weighted by molar-refractivity contribution is 7.45. The van der Waals surface area contributed by atoms with Gasteiger partial charge in [-0.1, -0.05) is 278 Å². The van der Waals surface area contributed by atoms with E-state index in [-0.39, 0.29) is 24.9 Å². The van der Waals surface area contributed by atoms with E-state index in [1.807, 2.05) is 33.3 Å². The molecule has 9 nitrogen and oxygen atoms in total. The summed E-state index contributed by atoms with van der Waals surface area (Å²) in [6, 6.07) is -0.903. The minimum Gasteiger partial charge on any atom is -0.756 e. The van der Waals surface area contributed by atoms with Gasteiger partial charge in [-0.3, -0.25) is 14.2 Å². The first-order valence-electron chi connectivity index (χ1n) is 34.7. The fraction of sp³-hybridized carbons (Fsp3) is 0.730. The number of carbonyl (C=O) groups is 2. The Hall–Kier alpha value is -3.33. The fourth-order valence-electron chi connectivity index (χ4n) is 9.62. The molecule has 1 amide bonds. The summed E-state index contributed by atoms with van der Waals surface area (Å²) >= 11 is 0. The summed E-state index contributed by atoms with van der Waals surface area (Å²) in [7, 11) is 1.17. The second-order valence-electron chi connectivity index (χ2n) is 24.3. The number of nitrogens with one attached hydrogen (secondary N) is 1. The molecule has 0 aliphatic rings. The molecule has 0 radical (unpaired) electrons. The van der Waals surface area contributed by atoms with Gasteiger partial charge in [0.2, 0.25) is 5.91 Å². The molecule has 0 bridgehead atoms. The van der Waals surface area contributed by atoms with E-state index in [0.29, 0.717) is 17.4 Å². The Balaban J connectivity index is 5.11. The van der Waals surface area contributed by atoms with Crippen LogP contribution in [0.25, 0.3) is 0 Å². The lowest BCUT2D eigenvalue weighted by atomic mass is 10.0. The summed E-state index contributed by atoms with van der Waals surface area (Å²) in [4.78, 5) is 40.2. The molecule has 0 aliphatic carbocycles. The zero-order valence-corrected chi connectivity index (χ0v) is 56.2. The molecule has 0 spiro atoms. The minimum atomic E-state index is -4.71. The van der Waals surface area contributed by atoms with Crippen molar-refractivity contribution in [2.24, 2.45) is 0 Å². The molecule has 0 aromatic carbocycles. The number of quaternary nitrogens is 1. The summed E-state index contributed by atoms with van der Waals surface area (Å²) in [5.74, 6) is -0.559. The van der Waals surface area contributed by atoms with Crippen LogP contribution in [0.5, 0.6) is 0 Å². The number of hydrogen-bond donors (Lipinski definition) is 1. The quantitative estimate of drug-likeness (QED) is 0.0212. The molecule has 84 heavy (non-hydrogen) atoms. The number of phosphoric acid groups is 1. The van der Waals surface area contributed by atoms with Crippen LogP contribution in [0.15, 0.2) is 109 Å². The van der Waals surface area contributed by atoms with Crippen LogP contribution in [0.3, 0.4) is 0 Å². The van der Waals surface area contributed by atoms with Crippen LogP contribution in [0.2, 0.25) is 0 Å². The smallest absolute Gasteiger partial charge is 0.306 e. The topological polar surface area (TPSA) is 114 Å². The van der Waals surface area contributed by atoms with Crippen molar-refractivity contribution < 1.29 is 37.3 Å². The van der Waals surface area contributed by atoms with E-state index in [2.05, 4.69) is 123 Å². The molecule has 0 heterocycles. The number of amides is 1. The summed E-state index contributed by atoms with van der Waals surface area (Å²) < 4.78 is 30.4. The zero-order chi connectivity index (χ0) is 61.4. The normalized spacial score (nSPS) is 14.2. The first-order valence-corrected chi connectivity index (χ1v) is 36.2. The number of rotatable bonds is 62. The average Bonchev–Trinajstić information content (AvgIpc) is 3.65.